The highest BCUT2D eigenvalue weighted by molar-refractivity contribution is 6.31. The quantitative estimate of drug-likeness (QED) is 0.892. The largest absolute Gasteiger partial charge is 0.342 e. The smallest absolute Gasteiger partial charge is 0.270 e. The molecule has 0 radical (unpaired) electrons. The van der Waals surface area contributed by atoms with Crippen LogP contribution in [0.15, 0.2) is 12.3 Å². The lowest BCUT2D eigenvalue weighted by Gasteiger charge is -2.17. The minimum absolute atomic E-state index is 0.0645. The first-order chi connectivity index (χ1) is 8.15. The third-order valence-electron chi connectivity index (χ3n) is 3.33. The monoisotopic (exact) mass is 255 g/mol. The standard InChI is InChI=1S/C12H18ClN3O/c1-2-15-8-10(13)5-11(15)12(17)16-4-3-9(6-14)7-16/h5,8-9H,2-4,6-7,14H2,1H3. The van der Waals surface area contributed by atoms with Crippen molar-refractivity contribution in [2.24, 2.45) is 11.7 Å². The van der Waals surface area contributed by atoms with Crippen LogP contribution in [0.1, 0.15) is 23.8 Å². The maximum absolute atomic E-state index is 12.3. The third-order valence-corrected chi connectivity index (χ3v) is 3.54. The number of rotatable bonds is 3. The van der Waals surface area contributed by atoms with Crippen molar-refractivity contribution in [2.45, 2.75) is 19.9 Å². The molecular formula is C12H18ClN3O. The molecule has 1 atom stereocenters. The third kappa shape index (κ3) is 2.48. The van der Waals surface area contributed by atoms with Gasteiger partial charge in [-0.3, -0.25) is 4.79 Å². The number of aryl methyl sites for hydroxylation is 1. The lowest BCUT2D eigenvalue weighted by Crippen LogP contribution is -2.31. The number of halogens is 1. The van der Waals surface area contributed by atoms with E-state index in [0.29, 0.717) is 23.2 Å². The van der Waals surface area contributed by atoms with E-state index in [1.54, 1.807) is 12.3 Å². The van der Waals surface area contributed by atoms with Gasteiger partial charge in [0.05, 0.1) is 5.02 Å². The molecule has 94 valence electrons. The average Bonchev–Trinajstić information content (AvgIpc) is 2.93. The molecule has 1 fully saturated rings. The van der Waals surface area contributed by atoms with E-state index < -0.39 is 0 Å². The van der Waals surface area contributed by atoms with E-state index in [-0.39, 0.29) is 5.91 Å². The van der Waals surface area contributed by atoms with Gasteiger partial charge < -0.3 is 15.2 Å². The highest BCUT2D eigenvalue weighted by atomic mass is 35.5. The number of nitrogens with two attached hydrogens (primary N) is 1. The Morgan fingerprint density at radius 2 is 2.41 bits per heavy atom. The molecule has 0 bridgehead atoms. The number of aromatic nitrogens is 1. The Balaban J connectivity index is 2.14. The Kier molecular flexibility index (Phi) is 3.74. The van der Waals surface area contributed by atoms with Crippen molar-refractivity contribution in [1.29, 1.82) is 0 Å². The lowest BCUT2D eigenvalue weighted by molar-refractivity contribution is 0.0777. The van der Waals surface area contributed by atoms with Crippen LogP contribution in [-0.2, 0) is 6.54 Å². The minimum Gasteiger partial charge on any atom is -0.342 e. The summed E-state index contributed by atoms with van der Waals surface area (Å²) in [6, 6.07) is 1.74. The normalized spacial score (nSPS) is 19.9. The Bertz CT molecular complexity index is 416. The van der Waals surface area contributed by atoms with Crippen LogP contribution in [0.4, 0.5) is 0 Å². The zero-order valence-corrected chi connectivity index (χ0v) is 10.8. The molecular weight excluding hydrogens is 238 g/mol. The van der Waals surface area contributed by atoms with Gasteiger partial charge in [-0.25, -0.2) is 0 Å². The molecule has 1 aromatic rings. The molecule has 1 unspecified atom stereocenters. The molecule has 17 heavy (non-hydrogen) atoms. The maximum Gasteiger partial charge on any atom is 0.270 e. The number of hydrogen-bond donors (Lipinski definition) is 1. The summed E-state index contributed by atoms with van der Waals surface area (Å²) >= 11 is 5.94. The van der Waals surface area contributed by atoms with Gasteiger partial charge in [0.1, 0.15) is 5.69 Å². The first kappa shape index (κ1) is 12.5. The van der Waals surface area contributed by atoms with Gasteiger partial charge in [0, 0.05) is 25.8 Å². The van der Waals surface area contributed by atoms with Gasteiger partial charge in [-0.15, -0.1) is 0 Å². The fourth-order valence-electron chi connectivity index (χ4n) is 2.29. The zero-order chi connectivity index (χ0) is 12.4. The predicted octanol–water partition coefficient (Wildman–Crippen LogP) is 1.58. The van der Waals surface area contributed by atoms with Crippen LogP contribution in [0.2, 0.25) is 5.02 Å². The summed E-state index contributed by atoms with van der Waals surface area (Å²) in [5.74, 6) is 0.508. The molecule has 0 aliphatic carbocycles. The SMILES string of the molecule is CCn1cc(Cl)cc1C(=O)N1CCC(CN)C1. The number of carbonyl (C=O) groups is 1. The summed E-state index contributed by atoms with van der Waals surface area (Å²) in [6.07, 6.45) is 2.80. The van der Waals surface area contributed by atoms with Crippen molar-refractivity contribution >= 4 is 17.5 Å². The second-order valence-electron chi connectivity index (χ2n) is 4.47. The first-order valence-electron chi connectivity index (χ1n) is 6.00. The van der Waals surface area contributed by atoms with Gasteiger partial charge in [0.15, 0.2) is 0 Å². The van der Waals surface area contributed by atoms with Crippen LogP contribution < -0.4 is 5.73 Å². The molecule has 5 heteroatoms. The fraction of sp³-hybridized carbons (Fsp3) is 0.583. The molecule has 0 spiro atoms. The molecule has 0 aromatic carbocycles. The topological polar surface area (TPSA) is 51.3 Å². The maximum atomic E-state index is 12.3. The summed E-state index contributed by atoms with van der Waals surface area (Å²) in [4.78, 5) is 14.2. The highest BCUT2D eigenvalue weighted by Crippen LogP contribution is 2.20. The van der Waals surface area contributed by atoms with Gasteiger partial charge in [0.2, 0.25) is 0 Å². The van der Waals surface area contributed by atoms with Crippen molar-refractivity contribution < 1.29 is 4.79 Å². The Hall–Kier alpha value is -1.00. The van der Waals surface area contributed by atoms with Gasteiger partial charge in [0.25, 0.3) is 5.91 Å². The number of amides is 1. The Labute approximate surface area is 106 Å². The summed E-state index contributed by atoms with van der Waals surface area (Å²) in [5, 5.41) is 0.616. The van der Waals surface area contributed by atoms with Gasteiger partial charge in [-0.05, 0) is 31.9 Å². The Morgan fingerprint density at radius 1 is 1.65 bits per heavy atom. The summed E-state index contributed by atoms with van der Waals surface area (Å²) < 4.78 is 1.89. The van der Waals surface area contributed by atoms with E-state index in [0.717, 1.165) is 26.1 Å². The lowest BCUT2D eigenvalue weighted by atomic mass is 10.1. The van der Waals surface area contributed by atoms with Crippen molar-refractivity contribution in [3.05, 3.63) is 23.0 Å². The van der Waals surface area contributed by atoms with E-state index in [9.17, 15) is 4.79 Å². The molecule has 2 rings (SSSR count). The molecule has 0 saturated carbocycles. The molecule has 1 amide bonds. The van der Waals surface area contributed by atoms with E-state index >= 15 is 0 Å². The number of carbonyl (C=O) groups excluding carboxylic acids is 1. The summed E-state index contributed by atoms with van der Waals surface area (Å²) in [5.41, 5.74) is 6.31. The molecule has 2 N–H and O–H groups in total. The van der Waals surface area contributed by atoms with Crippen molar-refractivity contribution in [1.82, 2.24) is 9.47 Å². The van der Waals surface area contributed by atoms with Crippen molar-refractivity contribution in [2.75, 3.05) is 19.6 Å². The average molecular weight is 256 g/mol. The van der Waals surface area contributed by atoms with Crippen LogP contribution in [0.25, 0.3) is 0 Å². The van der Waals surface area contributed by atoms with Gasteiger partial charge in [-0.1, -0.05) is 11.6 Å². The van der Waals surface area contributed by atoms with Gasteiger partial charge in [-0.2, -0.15) is 0 Å². The van der Waals surface area contributed by atoms with Crippen molar-refractivity contribution in [3.8, 4) is 0 Å². The second kappa shape index (κ2) is 5.10. The molecule has 1 saturated heterocycles. The van der Waals surface area contributed by atoms with Crippen LogP contribution >= 0.6 is 11.6 Å². The van der Waals surface area contributed by atoms with E-state index in [1.807, 2.05) is 16.4 Å². The summed E-state index contributed by atoms with van der Waals surface area (Å²) in [6.45, 7) is 4.97. The van der Waals surface area contributed by atoms with Gasteiger partial charge >= 0.3 is 0 Å². The number of hydrogen-bond acceptors (Lipinski definition) is 2. The number of nitrogens with zero attached hydrogens (tertiary/aromatic N) is 2. The van der Waals surface area contributed by atoms with E-state index in [4.69, 9.17) is 17.3 Å². The highest BCUT2D eigenvalue weighted by Gasteiger charge is 2.27. The van der Waals surface area contributed by atoms with Crippen LogP contribution in [-0.4, -0.2) is 35.0 Å². The van der Waals surface area contributed by atoms with E-state index in [1.165, 1.54) is 0 Å². The molecule has 1 aliphatic rings. The summed E-state index contributed by atoms with van der Waals surface area (Å²) in [7, 11) is 0. The zero-order valence-electron chi connectivity index (χ0n) is 10.0. The fourth-order valence-corrected chi connectivity index (χ4v) is 2.51. The molecule has 1 aliphatic heterocycles. The second-order valence-corrected chi connectivity index (χ2v) is 4.91. The molecule has 4 nitrogen and oxygen atoms in total. The number of likely N-dealkylation sites (tertiary alicyclic amines) is 1. The van der Waals surface area contributed by atoms with Crippen LogP contribution in [0, 0.1) is 5.92 Å². The predicted molar refractivity (Wildman–Crippen MR) is 68.2 cm³/mol. The molecule has 1 aromatic heterocycles. The Morgan fingerprint density at radius 3 is 3.00 bits per heavy atom. The van der Waals surface area contributed by atoms with Crippen molar-refractivity contribution in [3.63, 3.8) is 0 Å². The van der Waals surface area contributed by atoms with Crippen LogP contribution in [0.3, 0.4) is 0 Å². The van der Waals surface area contributed by atoms with E-state index in [2.05, 4.69) is 0 Å². The minimum atomic E-state index is 0.0645. The first-order valence-corrected chi connectivity index (χ1v) is 6.38. The van der Waals surface area contributed by atoms with Crippen LogP contribution in [0.5, 0.6) is 0 Å². The molecule has 2 heterocycles.